The summed E-state index contributed by atoms with van der Waals surface area (Å²) in [6.45, 7) is 6.10. The van der Waals surface area contributed by atoms with E-state index in [0.29, 0.717) is 18.1 Å². The molecule has 25 heavy (non-hydrogen) atoms. The van der Waals surface area contributed by atoms with Crippen LogP contribution in [0.1, 0.15) is 43.0 Å². The van der Waals surface area contributed by atoms with Crippen LogP contribution < -0.4 is 4.90 Å². The molecule has 1 aromatic heterocycles. The normalized spacial score (nSPS) is 22.2. The first kappa shape index (κ1) is 18.1. The van der Waals surface area contributed by atoms with Crippen molar-refractivity contribution in [2.24, 2.45) is 5.92 Å². The van der Waals surface area contributed by atoms with E-state index in [4.69, 9.17) is 9.84 Å². The van der Waals surface area contributed by atoms with E-state index in [0.717, 1.165) is 57.7 Å². The molecule has 2 saturated heterocycles. The van der Waals surface area contributed by atoms with Gasteiger partial charge in [0, 0.05) is 32.4 Å². The Morgan fingerprint density at radius 1 is 1.28 bits per heavy atom. The molecule has 0 aromatic carbocycles. The van der Waals surface area contributed by atoms with Gasteiger partial charge >= 0.3 is 0 Å². The lowest BCUT2D eigenvalue weighted by molar-refractivity contribution is 0.0213. The Kier molecular flexibility index (Phi) is 6.26. The summed E-state index contributed by atoms with van der Waals surface area (Å²) < 4.78 is 5.65. The van der Waals surface area contributed by atoms with Crippen molar-refractivity contribution in [1.29, 1.82) is 0 Å². The number of aliphatic hydroxyl groups excluding tert-OH is 1. The van der Waals surface area contributed by atoms with Gasteiger partial charge in [-0.2, -0.15) is 0 Å². The Hall–Kier alpha value is -1.66. The minimum absolute atomic E-state index is 0.0564. The third-order valence-corrected chi connectivity index (χ3v) is 5.21. The molecule has 1 aromatic rings. The van der Waals surface area contributed by atoms with Gasteiger partial charge in [-0.1, -0.05) is 6.92 Å². The molecule has 6 heteroatoms. The molecule has 2 aliphatic heterocycles. The molecule has 1 amide bonds. The number of aliphatic hydroxyl groups is 1. The van der Waals surface area contributed by atoms with Crippen molar-refractivity contribution in [2.75, 3.05) is 44.3 Å². The first-order valence-electron chi connectivity index (χ1n) is 9.40. The number of hydrogen-bond donors (Lipinski definition) is 1. The van der Waals surface area contributed by atoms with Crippen molar-refractivity contribution < 1.29 is 14.6 Å². The lowest BCUT2D eigenvalue weighted by atomic mass is 9.99. The van der Waals surface area contributed by atoms with Crippen molar-refractivity contribution in [3.8, 4) is 0 Å². The highest BCUT2D eigenvalue weighted by Gasteiger charge is 2.23. The number of ether oxygens (including phenoxy) is 1. The molecular weight excluding hydrogens is 318 g/mol. The molecule has 3 rings (SSSR count). The predicted molar refractivity (Wildman–Crippen MR) is 96.8 cm³/mol. The maximum Gasteiger partial charge on any atom is 0.255 e. The Morgan fingerprint density at radius 3 is 2.76 bits per heavy atom. The zero-order valence-electron chi connectivity index (χ0n) is 15.1. The Morgan fingerprint density at radius 2 is 2.08 bits per heavy atom. The van der Waals surface area contributed by atoms with Gasteiger partial charge in [-0.15, -0.1) is 0 Å². The number of rotatable bonds is 5. The Balaban J connectivity index is 1.59. The first-order chi connectivity index (χ1) is 12.2. The fourth-order valence-corrected chi connectivity index (χ4v) is 3.60. The average molecular weight is 347 g/mol. The highest BCUT2D eigenvalue weighted by atomic mass is 16.5. The molecule has 2 aliphatic rings. The third kappa shape index (κ3) is 4.70. The summed E-state index contributed by atoms with van der Waals surface area (Å²) in [6, 6.07) is 3.83. The highest BCUT2D eigenvalue weighted by molar-refractivity contribution is 5.94. The number of hydrogen-bond acceptors (Lipinski definition) is 5. The van der Waals surface area contributed by atoms with Crippen LogP contribution >= 0.6 is 0 Å². The zero-order valence-corrected chi connectivity index (χ0v) is 15.1. The van der Waals surface area contributed by atoms with Gasteiger partial charge in [0.1, 0.15) is 5.82 Å². The molecule has 2 fully saturated rings. The molecule has 1 atom stereocenters. The summed E-state index contributed by atoms with van der Waals surface area (Å²) >= 11 is 0. The monoisotopic (exact) mass is 347 g/mol. The van der Waals surface area contributed by atoms with Crippen molar-refractivity contribution in [1.82, 2.24) is 9.88 Å². The molecule has 0 radical (unpaired) electrons. The van der Waals surface area contributed by atoms with Crippen molar-refractivity contribution in [2.45, 2.75) is 38.7 Å². The lowest BCUT2D eigenvalue weighted by Gasteiger charge is -2.33. The van der Waals surface area contributed by atoms with Crippen LogP contribution in [0.4, 0.5) is 5.82 Å². The zero-order chi connectivity index (χ0) is 17.6. The molecule has 0 spiro atoms. The van der Waals surface area contributed by atoms with Gasteiger partial charge in [-0.05, 0) is 43.7 Å². The number of piperidine rings is 2. The quantitative estimate of drug-likeness (QED) is 0.882. The fraction of sp³-hybridized carbons (Fsp3) is 0.684. The molecule has 1 unspecified atom stereocenters. The third-order valence-electron chi connectivity index (χ3n) is 5.21. The smallest absolute Gasteiger partial charge is 0.255 e. The molecule has 0 bridgehead atoms. The summed E-state index contributed by atoms with van der Waals surface area (Å²) in [7, 11) is 0. The number of aromatic nitrogens is 1. The van der Waals surface area contributed by atoms with Gasteiger partial charge in [0.2, 0.25) is 0 Å². The number of carbonyl (C=O) groups is 1. The molecule has 0 saturated carbocycles. The number of nitrogens with zero attached hydrogens (tertiary/aromatic N) is 3. The van der Waals surface area contributed by atoms with Crippen molar-refractivity contribution >= 4 is 11.7 Å². The van der Waals surface area contributed by atoms with Crippen LogP contribution in [0.25, 0.3) is 0 Å². The van der Waals surface area contributed by atoms with Gasteiger partial charge in [-0.25, -0.2) is 4.98 Å². The largest absolute Gasteiger partial charge is 0.394 e. The van der Waals surface area contributed by atoms with E-state index >= 15 is 0 Å². The Labute approximate surface area is 149 Å². The fourth-order valence-electron chi connectivity index (χ4n) is 3.60. The van der Waals surface area contributed by atoms with Crippen LogP contribution in [-0.2, 0) is 4.74 Å². The van der Waals surface area contributed by atoms with E-state index in [1.807, 2.05) is 17.0 Å². The van der Waals surface area contributed by atoms with E-state index in [9.17, 15) is 4.79 Å². The summed E-state index contributed by atoms with van der Waals surface area (Å²) in [5.74, 6) is 1.69. The van der Waals surface area contributed by atoms with Crippen LogP contribution in [-0.4, -0.2) is 66.4 Å². The number of pyridine rings is 1. The molecule has 0 aliphatic carbocycles. The van der Waals surface area contributed by atoms with E-state index < -0.39 is 0 Å². The van der Waals surface area contributed by atoms with Gasteiger partial charge in [-0.3, -0.25) is 4.79 Å². The number of anilines is 1. The van der Waals surface area contributed by atoms with Crippen LogP contribution in [0.3, 0.4) is 0 Å². The van der Waals surface area contributed by atoms with Gasteiger partial charge in [0.05, 0.1) is 24.9 Å². The standard InChI is InChI=1S/C19H29N3O3/c1-15-6-9-21(10-7-15)19(24)16-4-5-18(20-13-16)22-8-2-3-17(14-22)25-12-11-23/h4-5,13,15,17,23H,2-3,6-12,14H2,1H3. The van der Waals surface area contributed by atoms with Crippen LogP contribution in [0.15, 0.2) is 18.3 Å². The molecule has 3 heterocycles. The number of amides is 1. The summed E-state index contributed by atoms with van der Waals surface area (Å²) in [6.07, 6.45) is 6.07. The summed E-state index contributed by atoms with van der Waals surface area (Å²) in [5.41, 5.74) is 0.670. The van der Waals surface area contributed by atoms with E-state index in [2.05, 4.69) is 16.8 Å². The first-order valence-corrected chi connectivity index (χ1v) is 9.40. The maximum atomic E-state index is 12.6. The second-order valence-electron chi connectivity index (χ2n) is 7.18. The van der Waals surface area contributed by atoms with Gasteiger partial charge in [0.25, 0.3) is 5.91 Å². The summed E-state index contributed by atoms with van der Waals surface area (Å²) in [4.78, 5) is 21.3. The van der Waals surface area contributed by atoms with E-state index in [1.165, 1.54) is 0 Å². The second kappa shape index (κ2) is 8.63. The minimum atomic E-state index is 0.0564. The minimum Gasteiger partial charge on any atom is -0.394 e. The average Bonchev–Trinajstić information content (AvgIpc) is 2.67. The topological polar surface area (TPSA) is 65.9 Å². The van der Waals surface area contributed by atoms with Gasteiger partial charge in [0.15, 0.2) is 0 Å². The maximum absolute atomic E-state index is 12.6. The van der Waals surface area contributed by atoms with Crippen molar-refractivity contribution in [3.05, 3.63) is 23.9 Å². The molecular formula is C19H29N3O3. The van der Waals surface area contributed by atoms with Crippen LogP contribution in [0, 0.1) is 5.92 Å². The second-order valence-corrected chi connectivity index (χ2v) is 7.18. The highest BCUT2D eigenvalue weighted by Crippen LogP contribution is 2.21. The summed E-state index contributed by atoms with van der Waals surface area (Å²) in [5, 5.41) is 8.90. The molecule has 1 N–H and O–H groups in total. The number of likely N-dealkylation sites (tertiary alicyclic amines) is 1. The Bertz CT molecular complexity index is 556. The lowest BCUT2D eigenvalue weighted by Crippen LogP contribution is -2.40. The van der Waals surface area contributed by atoms with Crippen LogP contribution in [0.2, 0.25) is 0 Å². The molecule has 138 valence electrons. The van der Waals surface area contributed by atoms with Crippen molar-refractivity contribution in [3.63, 3.8) is 0 Å². The molecule has 6 nitrogen and oxygen atoms in total. The van der Waals surface area contributed by atoms with E-state index in [1.54, 1.807) is 6.20 Å². The number of carbonyl (C=O) groups excluding carboxylic acids is 1. The van der Waals surface area contributed by atoms with Crippen LogP contribution in [0.5, 0.6) is 0 Å². The SMILES string of the molecule is CC1CCN(C(=O)c2ccc(N3CCCC(OCCO)C3)nc2)CC1. The van der Waals surface area contributed by atoms with E-state index in [-0.39, 0.29) is 18.6 Å². The van der Waals surface area contributed by atoms with Gasteiger partial charge < -0.3 is 19.6 Å². The predicted octanol–water partition coefficient (Wildman–Crippen LogP) is 1.93.